The van der Waals surface area contributed by atoms with Crippen LogP contribution < -0.4 is 4.74 Å². The van der Waals surface area contributed by atoms with E-state index in [9.17, 15) is 4.79 Å². The van der Waals surface area contributed by atoms with Crippen LogP contribution in [0.4, 0.5) is 4.79 Å². The molecule has 1 saturated heterocycles. The van der Waals surface area contributed by atoms with Gasteiger partial charge in [0.2, 0.25) is 0 Å². The largest absolute Gasteiger partial charge is 0.511 e. The molecule has 3 rings (SSSR count). The Labute approximate surface area is 125 Å². The molecule has 2 aliphatic rings. The van der Waals surface area contributed by atoms with Crippen molar-refractivity contribution in [3.05, 3.63) is 30.3 Å². The van der Waals surface area contributed by atoms with E-state index in [1.807, 2.05) is 0 Å². The van der Waals surface area contributed by atoms with Crippen molar-refractivity contribution in [3.8, 4) is 5.75 Å². The number of rotatable bonds is 1. The highest BCUT2D eigenvalue weighted by atomic mass is 16.7. The molecule has 1 N–H and O–H groups in total. The van der Waals surface area contributed by atoms with E-state index in [4.69, 9.17) is 5.11 Å². The normalized spacial score (nSPS) is 17.5. The van der Waals surface area contributed by atoms with Gasteiger partial charge in [-0.3, -0.25) is 4.99 Å². The minimum Gasteiger partial charge on any atom is -0.449 e. The molecule has 0 radical (unpaired) electrons. The van der Waals surface area contributed by atoms with Crippen LogP contribution in [0.1, 0.15) is 32.1 Å². The van der Waals surface area contributed by atoms with Gasteiger partial charge in [-0.25, -0.2) is 4.79 Å². The molecule has 21 heavy (non-hydrogen) atoms. The van der Waals surface area contributed by atoms with E-state index in [2.05, 4.69) is 14.6 Å². The number of amidine groups is 1. The Morgan fingerprint density at radius 2 is 1.86 bits per heavy atom. The Morgan fingerprint density at radius 3 is 2.62 bits per heavy atom. The standard InChI is InChI=1S/C9H16N2.C7H6O3/c1-2-5-9-10-6-4-8-11(9)7-3-1;8-7(9)10-6-4-2-1-3-5-6/h1-8H2;1-5H,(H,8,9). The van der Waals surface area contributed by atoms with Gasteiger partial charge in [0, 0.05) is 26.1 Å². The van der Waals surface area contributed by atoms with Gasteiger partial charge in [-0.1, -0.05) is 24.6 Å². The molecule has 0 spiro atoms. The van der Waals surface area contributed by atoms with Crippen molar-refractivity contribution >= 4 is 12.0 Å². The van der Waals surface area contributed by atoms with Crippen LogP contribution in [0.15, 0.2) is 35.3 Å². The predicted octanol–water partition coefficient (Wildman–Crippen LogP) is 3.41. The summed E-state index contributed by atoms with van der Waals surface area (Å²) in [5.74, 6) is 1.74. The third kappa shape index (κ3) is 5.45. The van der Waals surface area contributed by atoms with Crippen molar-refractivity contribution in [2.45, 2.75) is 32.1 Å². The molecule has 0 bridgehead atoms. The van der Waals surface area contributed by atoms with Gasteiger partial charge in [0.25, 0.3) is 0 Å². The monoisotopic (exact) mass is 290 g/mol. The number of para-hydroxylation sites is 1. The van der Waals surface area contributed by atoms with Crippen molar-refractivity contribution in [2.75, 3.05) is 19.6 Å². The minimum absolute atomic E-state index is 0.343. The van der Waals surface area contributed by atoms with E-state index < -0.39 is 6.16 Å². The van der Waals surface area contributed by atoms with Crippen LogP contribution in [0, 0.1) is 0 Å². The molecule has 1 aromatic rings. The third-order valence-corrected chi connectivity index (χ3v) is 3.52. The molecule has 0 amide bonds. The van der Waals surface area contributed by atoms with E-state index in [1.54, 1.807) is 30.3 Å². The van der Waals surface area contributed by atoms with E-state index in [0.717, 1.165) is 6.54 Å². The zero-order valence-electron chi connectivity index (χ0n) is 12.2. The molecule has 5 nitrogen and oxygen atoms in total. The fourth-order valence-electron chi connectivity index (χ4n) is 2.53. The second-order valence-corrected chi connectivity index (χ2v) is 5.13. The Bertz CT molecular complexity index is 474. The first-order valence-electron chi connectivity index (χ1n) is 7.50. The van der Waals surface area contributed by atoms with Crippen LogP contribution in [0.25, 0.3) is 0 Å². The molecule has 0 atom stereocenters. The van der Waals surface area contributed by atoms with Gasteiger partial charge in [0.15, 0.2) is 0 Å². The Morgan fingerprint density at radius 1 is 1.10 bits per heavy atom. The molecule has 5 heteroatoms. The van der Waals surface area contributed by atoms with Crippen molar-refractivity contribution in [2.24, 2.45) is 4.99 Å². The number of benzene rings is 1. The Kier molecular flexibility index (Phi) is 6.06. The lowest BCUT2D eigenvalue weighted by Gasteiger charge is -2.27. The summed E-state index contributed by atoms with van der Waals surface area (Å²) in [6.07, 6.45) is 5.35. The second kappa shape index (κ2) is 8.29. The van der Waals surface area contributed by atoms with E-state index in [1.165, 1.54) is 51.0 Å². The summed E-state index contributed by atoms with van der Waals surface area (Å²) in [5.41, 5.74) is 0. The topological polar surface area (TPSA) is 62.1 Å². The van der Waals surface area contributed by atoms with Gasteiger partial charge in [0.05, 0.1) is 5.84 Å². The number of fused-ring (bicyclic) bond motifs is 1. The molecule has 1 aromatic carbocycles. The van der Waals surface area contributed by atoms with Gasteiger partial charge in [0.1, 0.15) is 5.75 Å². The van der Waals surface area contributed by atoms with Crippen LogP contribution in [0.3, 0.4) is 0 Å². The molecule has 2 heterocycles. The number of aliphatic imine (C=N–C) groups is 1. The summed E-state index contributed by atoms with van der Waals surface area (Å²) < 4.78 is 4.33. The van der Waals surface area contributed by atoms with Gasteiger partial charge in [-0.2, -0.15) is 0 Å². The van der Waals surface area contributed by atoms with Crippen LogP contribution in [0.2, 0.25) is 0 Å². The number of carboxylic acid groups (broad SMARTS) is 1. The zero-order valence-corrected chi connectivity index (χ0v) is 12.2. The second-order valence-electron chi connectivity index (χ2n) is 5.13. The quantitative estimate of drug-likeness (QED) is 0.636. The Hall–Kier alpha value is -2.04. The van der Waals surface area contributed by atoms with Crippen molar-refractivity contribution in [1.29, 1.82) is 0 Å². The summed E-state index contributed by atoms with van der Waals surface area (Å²) >= 11 is 0. The summed E-state index contributed by atoms with van der Waals surface area (Å²) in [6, 6.07) is 8.35. The number of ether oxygens (including phenoxy) is 1. The number of nitrogens with zero attached hydrogens (tertiary/aromatic N) is 2. The fourth-order valence-corrected chi connectivity index (χ4v) is 2.53. The number of hydrogen-bond acceptors (Lipinski definition) is 4. The van der Waals surface area contributed by atoms with Gasteiger partial charge in [-0.05, 0) is 31.4 Å². The van der Waals surface area contributed by atoms with Crippen LogP contribution >= 0.6 is 0 Å². The summed E-state index contributed by atoms with van der Waals surface area (Å²) in [6.45, 7) is 3.60. The maximum absolute atomic E-state index is 9.95. The number of carbonyl (C=O) groups is 1. The van der Waals surface area contributed by atoms with Gasteiger partial charge in [-0.15, -0.1) is 0 Å². The van der Waals surface area contributed by atoms with E-state index in [0.29, 0.717) is 5.75 Å². The van der Waals surface area contributed by atoms with E-state index in [-0.39, 0.29) is 0 Å². The van der Waals surface area contributed by atoms with Gasteiger partial charge >= 0.3 is 6.16 Å². The first kappa shape index (κ1) is 15.4. The summed E-state index contributed by atoms with van der Waals surface area (Å²) in [4.78, 5) is 17.0. The highest BCUT2D eigenvalue weighted by Crippen LogP contribution is 2.15. The molecule has 0 saturated carbocycles. The molecule has 1 fully saturated rings. The zero-order chi connectivity index (χ0) is 14.9. The van der Waals surface area contributed by atoms with Crippen LogP contribution in [0.5, 0.6) is 5.75 Å². The van der Waals surface area contributed by atoms with Crippen molar-refractivity contribution < 1.29 is 14.6 Å². The molecule has 2 aliphatic heterocycles. The maximum Gasteiger partial charge on any atom is 0.511 e. The van der Waals surface area contributed by atoms with Crippen LogP contribution in [-0.2, 0) is 0 Å². The molecule has 0 aliphatic carbocycles. The molecule has 0 unspecified atom stereocenters. The molecule has 0 aromatic heterocycles. The third-order valence-electron chi connectivity index (χ3n) is 3.52. The van der Waals surface area contributed by atoms with E-state index >= 15 is 0 Å². The molecular weight excluding hydrogens is 268 g/mol. The average Bonchev–Trinajstić information content (AvgIpc) is 2.73. The van der Waals surface area contributed by atoms with Crippen molar-refractivity contribution in [1.82, 2.24) is 4.90 Å². The molecular formula is C16H22N2O3. The highest BCUT2D eigenvalue weighted by molar-refractivity contribution is 5.83. The fraction of sp³-hybridized carbons (Fsp3) is 0.500. The molecule has 114 valence electrons. The minimum atomic E-state index is -1.29. The smallest absolute Gasteiger partial charge is 0.449 e. The average molecular weight is 290 g/mol. The lowest BCUT2D eigenvalue weighted by molar-refractivity contribution is 0.144. The predicted molar refractivity (Wildman–Crippen MR) is 82.1 cm³/mol. The summed E-state index contributed by atoms with van der Waals surface area (Å²) in [7, 11) is 0. The first-order valence-corrected chi connectivity index (χ1v) is 7.50. The van der Waals surface area contributed by atoms with Gasteiger partial charge < -0.3 is 14.7 Å². The Balaban J connectivity index is 0.000000155. The van der Waals surface area contributed by atoms with Crippen LogP contribution in [-0.4, -0.2) is 41.6 Å². The highest BCUT2D eigenvalue weighted by Gasteiger charge is 2.16. The number of hydrogen-bond donors (Lipinski definition) is 1. The lowest BCUT2D eigenvalue weighted by Crippen LogP contribution is -2.34. The summed E-state index contributed by atoms with van der Waals surface area (Å²) in [5, 5.41) is 8.14. The SMILES string of the molecule is C1CCC2=NCCCN2CC1.O=C(O)Oc1ccccc1. The first-order chi connectivity index (χ1) is 10.3. The maximum atomic E-state index is 9.95. The lowest BCUT2D eigenvalue weighted by atomic mass is 10.2. The van der Waals surface area contributed by atoms with Crippen molar-refractivity contribution in [3.63, 3.8) is 0 Å².